The summed E-state index contributed by atoms with van der Waals surface area (Å²) >= 11 is 0. The number of H-pyrrole nitrogens is 2. The number of carboxylic acids is 1. The third kappa shape index (κ3) is 3.11. The standard InChI is InChI=1S/C16H16N6O3/c1-8-4-5-11(6-9(8)2)22-14(23)12(10(3)21-22)7-17-16-18-13(15(24)25)19-20-16/h4-7,21H,1-3H3,(H,24,25)(H,18,19,20)/b17-7+. The summed E-state index contributed by atoms with van der Waals surface area (Å²) in [7, 11) is 0. The molecule has 0 unspecified atom stereocenters. The molecule has 0 atom stereocenters. The van der Waals surface area contributed by atoms with E-state index in [9.17, 15) is 9.59 Å². The minimum atomic E-state index is -1.23. The van der Waals surface area contributed by atoms with Crippen molar-refractivity contribution in [2.24, 2.45) is 4.99 Å². The van der Waals surface area contributed by atoms with Gasteiger partial charge in [0.15, 0.2) is 0 Å². The molecule has 0 aliphatic carbocycles. The molecule has 1 aromatic carbocycles. The molecule has 2 aromatic heterocycles. The number of benzene rings is 1. The van der Waals surface area contributed by atoms with Crippen LogP contribution in [0.15, 0.2) is 28.0 Å². The molecule has 128 valence electrons. The Kier molecular flexibility index (Phi) is 4.05. The highest BCUT2D eigenvalue weighted by Crippen LogP contribution is 2.13. The maximum atomic E-state index is 12.6. The highest BCUT2D eigenvalue weighted by molar-refractivity contribution is 5.84. The third-order valence-electron chi connectivity index (χ3n) is 3.85. The molecule has 3 rings (SSSR count). The molecule has 0 aliphatic heterocycles. The Balaban J connectivity index is 1.96. The quantitative estimate of drug-likeness (QED) is 0.622. The lowest BCUT2D eigenvalue weighted by molar-refractivity contribution is 0.0684. The van der Waals surface area contributed by atoms with Gasteiger partial charge in [0.25, 0.3) is 11.5 Å². The predicted octanol–water partition coefficient (Wildman–Crippen LogP) is 1.66. The smallest absolute Gasteiger partial charge is 0.373 e. The van der Waals surface area contributed by atoms with Crippen molar-refractivity contribution in [3.05, 3.63) is 56.8 Å². The lowest BCUT2D eigenvalue weighted by Crippen LogP contribution is -2.17. The third-order valence-corrected chi connectivity index (χ3v) is 3.85. The van der Waals surface area contributed by atoms with Crippen molar-refractivity contribution in [1.82, 2.24) is 25.0 Å². The number of hydrogen-bond acceptors (Lipinski definition) is 5. The van der Waals surface area contributed by atoms with Crippen LogP contribution in [-0.2, 0) is 0 Å². The number of aromatic amines is 2. The largest absolute Gasteiger partial charge is 0.475 e. The van der Waals surface area contributed by atoms with Crippen LogP contribution in [0.3, 0.4) is 0 Å². The van der Waals surface area contributed by atoms with E-state index in [2.05, 4.69) is 25.3 Å². The number of aromatic nitrogens is 5. The molecule has 0 aliphatic rings. The summed E-state index contributed by atoms with van der Waals surface area (Å²) in [6.45, 7) is 5.73. The Labute approximate surface area is 142 Å². The zero-order valence-corrected chi connectivity index (χ0v) is 13.9. The number of nitrogens with one attached hydrogen (secondary N) is 2. The second kappa shape index (κ2) is 6.19. The summed E-state index contributed by atoms with van der Waals surface area (Å²) in [4.78, 5) is 31.0. The highest BCUT2D eigenvalue weighted by atomic mass is 16.4. The highest BCUT2D eigenvalue weighted by Gasteiger charge is 2.12. The van der Waals surface area contributed by atoms with Gasteiger partial charge in [-0.25, -0.2) is 14.5 Å². The molecule has 2 heterocycles. The van der Waals surface area contributed by atoms with Gasteiger partial charge in [0.2, 0.25) is 5.82 Å². The number of aliphatic imine (C=N–C) groups is 1. The second-order valence-electron chi connectivity index (χ2n) is 5.61. The summed E-state index contributed by atoms with van der Waals surface area (Å²) < 4.78 is 1.43. The molecule has 0 saturated heterocycles. The summed E-state index contributed by atoms with van der Waals surface area (Å²) in [6.07, 6.45) is 1.32. The van der Waals surface area contributed by atoms with E-state index in [4.69, 9.17) is 5.11 Å². The maximum absolute atomic E-state index is 12.6. The molecule has 0 radical (unpaired) electrons. The molecule has 25 heavy (non-hydrogen) atoms. The van der Waals surface area contributed by atoms with E-state index in [0.717, 1.165) is 16.8 Å². The van der Waals surface area contributed by atoms with Gasteiger partial charge in [0.05, 0.1) is 11.3 Å². The molecule has 0 amide bonds. The first kappa shape index (κ1) is 16.4. The van der Waals surface area contributed by atoms with Gasteiger partial charge in [-0.3, -0.25) is 15.0 Å². The van der Waals surface area contributed by atoms with E-state index in [1.165, 1.54) is 10.9 Å². The van der Waals surface area contributed by atoms with E-state index in [1.54, 1.807) is 6.92 Å². The zero-order valence-electron chi connectivity index (χ0n) is 13.9. The molecule has 3 N–H and O–H groups in total. The zero-order chi connectivity index (χ0) is 18.1. The van der Waals surface area contributed by atoms with Gasteiger partial charge in [-0.1, -0.05) is 6.07 Å². The summed E-state index contributed by atoms with van der Waals surface area (Å²) in [5.41, 5.74) is 3.65. The molecule has 0 fully saturated rings. The van der Waals surface area contributed by atoms with Crippen LogP contribution in [0.4, 0.5) is 5.95 Å². The second-order valence-corrected chi connectivity index (χ2v) is 5.61. The predicted molar refractivity (Wildman–Crippen MR) is 91.2 cm³/mol. The van der Waals surface area contributed by atoms with Gasteiger partial charge >= 0.3 is 5.97 Å². The monoisotopic (exact) mass is 340 g/mol. The van der Waals surface area contributed by atoms with Gasteiger partial charge < -0.3 is 5.11 Å². The van der Waals surface area contributed by atoms with Crippen LogP contribution in [0.5, 0.6) is 0 Å². The molecule has 3 aromatic rings. The van der Waals surface area contributed by atoms with Crippen molar-refractivity contribution in [3.8, 4) is 5.69 Å². The van der Waals surface area contributed by atoms with Crippen LogP contribution in [-0.4, -0.2) is 42.3 Å². The first-order valence-electron chi connectivity index (χ1n) is 7.46. The van der Waals surface area contributed by atoms with E-state index in [-0.39, 0.29) is 17.3 Å². The number of carbonyl (C=O) groups is 1. The van der Waals surface area contributed by atoms with Crippen molar-refractivity contribution in [2.45, 2.75) is 20.8 Å². The molecule has 0 bridgehead atoms. The van der Waals surface area contributed by atoms with Crippen molar-refractivity contribution in [1.29, 1.82) is 0 Å². The lowest BCUT2D eigenvalue weighted by atomic mass is 10.1. The van der Waals surface area contributed by atoms with E-state index in [1.807, 2.05) is 32.0 Å². The Bertz CT molecular complexity index is 1040. The Hall–Kier alpha value is -3.49. The van der Waals surface area contributed by atoms with Crippen LogP contribution in [0.25, 0.3) is 5.69 Å². The van der Waals surface area contributed by atoms with Gasteiger partial charge in [0, 0.05) is 11.9 Å². The summed E-state index contributed by atoms with van der Waals surface area (Å²) in [5.74, 6) is -1.61. The SMILES string of the molecule is Cc1ccc(-n2[nH]c(C)c(/C=N/c3n[nH]c(C(=O)O)n3)c2=O)cc1C. The van der Waals surface area contributed by atoms with Crippen LogP contribution in [0.2, 0.25) is 0 Å². The lowest BCUT2D eigenvalue weighted by Gasteiger charge is -2.05. The number of carboxylic acid groups (broad SMARTS) is 1. The number of aromatic carboxylic acids is 1. The van der Waals surface area contributed by atoms with Gasteiger partial charge in [-0.2, -0.15) is 4.98 Å². The Morgan fingerprint density at radius 2 is 2.04 bits per heavy atom. The fourth-order valence-corrected chi connectivity index (χ4v) is 2.29. The Morgan fingerprint density at radius 1 is 1.28 bits per heavy atom. The minimum absolute atomic E-state index is 0.0601. The van der Waals surface area contributed by atoms with E-state index < -0.39 is 5.97 Å². The van der Waals surface area contributed by atoms with Crippen molar-refractivity contribution < 1.29 is 9.90 Å². The average molecular weight is 340 g/mol. The fourth-order valence-electron chi connectivity index (χ4n) is 2.29. The first-order chi connectivity index (χ1) is 11.9. The topological polar surface area (TPSA) is 129 Å². The molecular weight excluding hydrogens is 324 g/mol. The number of aryl methyl sites for hydroxylation is 3. The number of rotatable bonds is 4. The van der Waals surface area contributed by atoms with Crippen LogP contribution in [0.1, 0.15) is 33.0 Å². The van der Waals surface area contributed by atoms with Gasteiger partial charge in [0.1, 0.15) is 0 Å². The molecule has 9 nitrogen and oxygen atoms in total. The van der Waals surface area contributed by atoms with Crippen molar-refractivity contribution in [3.63, 3.8) is 0 Å². The fraction of sp³-hybridized carbons (Fsp3) is 0.188. The average Bonchev–Trinajstić information content (AvgIpc) is 3.14. The van der Waals surface area contributed by atoms with Crippen molar-refractivity contribution >= 4 is 18.1 Å². The number of nitrogens with zero attached hydrogens (tertiary/aromatic N) is 4. The van der Waals surface area contributed by atoms with Crippen LogP contribution >= 0.6 is 0 Å². The molecule has 0 saturated carbocycles. The first-order valence-corrected chi connectivity index (χ1v) is 7.46. The summed E-state index contributed by atoms with van der Waals surface area (Å²) in [6, 6.07) is 5.72. The molecular formula is C16H16N6O3. The minimum Gasteiger partial charge on any atom is -0.475 e. The number of hydrogen-bond donors (Lipinski definition) is 3. The normalized spacial score (nSPS) is 11.3. The van der Waals surface area contributed by atoms with Crippen molar-refractivity contribution in [2.75, 3.05) is 0 Å². The van der Waals surface area contributed by atoms with Gasteiger partial charge in [-0.05, 0) is 44.0 Å². The van der Waals surface area contributed by atoms with E-state index in [0.29, 0.717) is 11.3 Å². The van der Waals surface area contributed by atoms with Crippen LogP contribution < -0.4 is 5.56 Å². The summed E-state index contributed by atoms with van der Waals surface area (Å²) in [5, 5.41) is 17.7. The van der Waals surface area contributed by atoms with E-state index >= 15 is 0 Å². The maximum Gasteiger partial charge on any atom is 0.373 e. The molecule has 0 spiro atoms. The van der Waals surface area contributed by atoms with Crippen LogP contribution in [0, 0.1) is 20.8 Å². The Morgan fingerprint density at radius 3 is 2.68 bits per heavy atom. The molecule has 9 heteroatoms. The van der Waals surface area contributed by atoms with Gasteiger partial charge in [-0.15, -0.1) is 5.10 Å².